The van der Waals surface area contributed by atoms with Gasteiger partial charge in [-0.1, -0.05) is 6.08 Å². The molecule has 1 atom stereocenters. The third-order valence-corrected chi connectivity index (χ3v) is 1.64. The Kier molecular flexibility index (Phi) is 3.14. The Morgan fingerprint density at radius 1 is 1.73 bits per heavy atom. The fourth-order valence-electron chi connectivity index (χ4n) is 1.09. The first-order chi connectivity index (χ1) is 5.38. The lowest BCUT2D eigenvalue weighted by Crippen LogP contribution is -2.41. The van der Waals surface area contributed by atoms with Crippen LogP contribution < -0.4 is 10.6 Å². The number of likely N-dealkylation sites (N-methyl/N-ethyl adjacent to an activating group) is 1. The summed E-state index contributed by atoms with van der Waals surface area (Å²) < 4.78 is 5.03. The van der Waals surface area contributed by atoms with E-state index < -0.39 is 0 Å². The zero-order valence-electron chi connectivity index (χ0n) is 6.92. The summed E-state index contributed by atoms with van der Waals surface area (Å²) in [5.74, 6) is 0. The molecule has 1 rings (SSSR count). The topological polar surface area (TPSA) is 33.3 Å². The van der Waals surface area contributed by atoms with Crippen LogP contribution in [0.25, 0.3) is 0 Å². The van der Waals surface area contributed by atoms with Crippen molar-refractivity contribution in [1.82, 2.24) is 10.6 Å². The van der Waals surface area contributed by atoms with Crippen molar-refractivity contribution in [3.63, 3.8) is 0 Å². The van der Waals surface area contributed by atoms with Gasteiger partial charge in [-0.05, 0) is 24.9 Å². The predicted octanol–water partition coefficient (Wildman–Crippen LogP) is 0.222. The van der Waals surface area contributed by atoms with E-state index in [2.05, 4.69) is 16.7 Å². The summed E-state index contributed by atoms with van der Waals surface area (Å²) in [5, 5.41) is 6.29. The number of rotatable bonds is 3. The average molecular weight is 154 g/mol. The minimum absolute atomic E-state index is 0.222. The molecule has 1 heterocycles. The van der Waals surface area contributed by atoms with Crippen LogP contribution in [0.15, 0.2) is 23.9 Å². The first kappa shape index (κ1) is 8.30. The van der Waals surface area contributed by atoms with E-state index in [-0.39, 0.29) is 6.17 Å². The Balaban J connectivity index is 2.55. The van der Waals surface area contributed by atoms with Crippen molar-refractivity contribution in [1.29, 1.82) is 0 Å². The molecule has 0 radical (unpaired) electrons. The molecule has 0 aromatic rings. The Labute approximate surface area is 67.1 Å². The molecule has 62 valence electrons. The summed E-state index contributed by atoms with van der Waals surface area (Å²) in [6, 6.07) is 0. The van der Waals surface area contributed by atoms with Gasteiger partial charge in [-0.2, -0.15) is 0 Å². The minimum atomic E-state index is 0.222. The standard InChI is InChI=1S/C8H14N2O/c1-9-8-7(6-11-2)4-3-5-10-8/h3-5,8-10H,6H2,1-2H3. The number of hydrogen-bond donors (Lipinski definition) is 2. The van der Waals surface area contributed by atoms with Crippen molar-refractivity contribution in [2.45, 2.75) is 6.17 Å². The van der Waals surface area contributed by atoms with Crippen molar-refractivity contribution in [3.05, 3.63) is 23.9 Å². The predicted molar refractivity (Wildman–Crippen MR) is 45.1 cm³/mol. The van der Waals surface area contributed by atoms with Gasteiger partial charge in [0.25, 0.3) is 0 Å². The van der Waals surface area contributed by atoms with Crippen LogP contribution in [0.1, 0.15) is 0 Å². The minimum Gasteiger partial charge on any atom is -0.380 e. The second-order valence-corrected chi connectivity index (χ2v) is 2.42. The molecule has 0 bridgehead atoms. The van der Waals surface area contributed by atoms with Gasteiger partial charge in [-0.25, -0.2) is 0 Å². The molecule has 0 amide bonds. The summed E-state index contributed by atoms with van der Waals surface area (Å²) in [7, 11) is 3.62. The third-order valence-electron chi connectivity index (χ3n) is 1.64. The Morgan fingerprint density at radius 3 is 3.18 bits per heavy atom. The number of ether oxygens (including phenoxy) is 1. The van der Waals surface area contributed by atoms with Crippen LogP contribution in [-0.2, 0) is 4.74 Å². The number of dihydropyridines is 1. The second kappa shape index (κ2) is 4.16. The summed E-state index contributed by atoms with van der Waals surface area (Å²) in [6.45, 7) is 0.669. The molecule has 1 aliphatic heterocycles. The van der Waals surface area contributed by atoms with E-state index in [0.717, 1.165) is 0 Å². The molecular weight excluding hydrogens is 140 g/mol. The largest absolute Gasteiger partial charge is 0.380 e. The molecule has 3 heteroatoms. The Bertz CT molecular complexity index is 175. The summed E-state index contributed by atoms with van der Waals surface area (Å²) in [6.07, 6.45) is 6.17. The van der Waals surface area contributed by atoms with Crippen LogP contribution >= 0.6 is 0 Å². The fourth-order valence-corrected chi connectivity index (χ4v) is 1.09. The van der Waals surface area contributed by atoms with E-state index in [0.29, 0.717) is 6.61 Å². The molecule has 0 fully saturated rings. The van der Waals surface area contributed by atoms with Gasteiger partial charge < -0.3 is 10.1 Å². The zero-order valence-corrected chi connectivity index (χ0v) is 6.92. The first-order valence-electron chi connectivity index (χ1n) is 3.66. The van der Waals surface area contributed by atoms with Gasteiger partial charge in [0.1, 0.15) is 6.17 Å². The zero-order chi connectivity index (χ0) is 8.10. The second-order valence-electron chi connectivity index (χ2n) is 2.42. The van der Waals surface area contributed by atoms with Gasteiger partial charge in [-0.3, -0.25) is 5.32 Å². The maximum Gasteiger partial charge on any atom is 0.101 e. The van der Waals surface area contributed by atoms with Crippen LogP contribution in [0, 0.1) is 0 Å². The molecule has 1 aliphatic rings. The van der Waals surface area contributed by atoms with Crippen molar-refractivity contribution in [2.24, 2.45) is 0 Å². The van der Waals surface area contributed by atoms with E-state index in [1.165, 1.54) is 5.57 Å². The van der Waals surface area contributed by atoms with Crippen molar-refractivity contribution >= 4 is 0 Å². The van der Waals surface area contributed by atoms with Crippen LogP contribution in [0.5, 0.6) is 0 Å². The number of methoxy groups -OCH3 is 1. The van der Waals surface area contributed by atoms with Crippen LogP contribution in [0.2, 0.25) is 0 Å². The lowest BCUT2D eigenvalue weighted by molar-refractivity contribution is 0.217. The normalized spacial score (nSPS) is 22.7. The highest BCUT2D eigenvalue weighted by atomic mass is 16.5. The molecule has 0 saturated heterocycles. The fraction of sp³-hybridized carbons (Fsp3) is 0.500. The van der Waals surface area contributed by atoms with Crippen LogP contribution in [-0.4, -0.2) is 26.9 Å². The number of hydrogen-bond acceptors (Lipinski definition) is 3. The maximum absolute atomic E-state index is 5.03. The van der Waals surface area contributed by atoms with Gasteiger partial charge in [0.05, 0.1) is 6.61 Å². The van der Waals surface area contributed by atoms with Crippen molar-refractivity contribution < 1.29 is 4.74 Å². The van der Waals surface area contributed by atoms with E-state index in [4.69, 9.17) is 4.74 Å². The first-order valence-corrected chi connectivity index (χ1v) is 3.66. The van der Waals surface area contributed by atoms with E-state index in [1.807, 2.05) is 19.3 Å². The Hall–Kier alpha value is -0.800. The Morgan fingerprint density at radius 2 is 2.55 bits per heavy atom. The maximum atomic E-state index is 5.03. The third kappa shape index (κ3) is 2.06. The SMILES string of the molecule is CNC1NC=CC=C1COC. The van der Waals surface area contributed by atoms with E-state index in [9.17, 15) is 0 Å². The monoisotopic (exact) mass is 154 g/mol. The number of allylic oxidation sites excluding steroid dienone is 2. The van der Waals surface area contributed by atoms with Crippen molar-refractivity contribution in [3.8, 4) is 0 Å². The quantitative estimate of drug-likeness (QED) is 0.610. The molecule has 0 aromatic heterocycles. The van der Waals surface area contributed by atoms with Gasteiger partial charge in [0.2, 0.25) is 0 Å². The van der Waals surface area contributed by atoms with Crippen molar-refractivity contribution in [2.75, 3.05) is 20.8 Å². The molecule has 0 spiro atoms. The van der Waals surface area contributed by atoms with Gasteiger partial charge in [0.15, 0.2) is 0 Å². The molecule has 11 heavy (non-hydrogen) atoms. The number of nitrogens with one attached hydrogen (secondary N) is 2. The molecule has 0 aromatic carbocycles. The molecule has 2 N–H and O–H groups in total. The molecule has 0 saturated carbocycles. The van der Waals surface area contributed by atoms with Gasteiger partial charge in [0, 0.05) is 7.11 Å². The molecule has 3 nitrogen and oxygen atoms in total. The van der Waals surface area contributed by atoms with E-state index in [1.54, 1.807) is 7.11 Å². The van der Waals surface area contributed by atoms with Crippen LogP contribution in [0.4, 0.5) is 0 Å². The van der Waals surface area contributed by atoms with Gasteiger partial charge in [-0.15, -0.1) is 0 Å². The molecule has 1 unspecified atom stereocenters. The molecular formula is C8H14N2O. The lowest BCUT2D eigenvalue weighted by atomic mass is 10.1. The summed E-state index contributed by atoms with van der Waals surface area (Å²) in [4.78, 5) is 0. The smallest absolute Gasteiger partial charge is 0.101 e. The highest BCUT2D eigenvalue weighted by Gasteiger charge is 2.10. The summed E-state index contributed by atoms with van der Waals surface area (Å²) >= 11 is 0. The molecule has 0 aliphatic carbocycles. The lowest BCUT2D eigenvalue weighted by Gasteiger charge is -2.21. The van der Waals surface area contributed by atoms with Crippen LogP contribution in [0.3, 0.4) is 0 Å². The summed E-state index contributed by atoms with van der Waals surface area (Å²) in [5.41, 5.74) is 1.22. The van der Waals surface area contributed by atoms with Gasteiger partial charge >= 0.3 is 0 Å². The van der Waals surface area contributed by atoms with E-state index >= 15 is 0 Å². The highest BCUT2D eigenvalue weighted by Crippen LogP contribution is 2.04. The highest BCUT2D eigenvalue weighted by molar-refractivity contribution is 5.22. The average Bonchev–Trinajstić information content (AvgIpc) is 2.06.